The van der Waals surface area contributed by atoms with Crippen LogP contribution in [0.15, 0.2) is 0 Å². The van der Waals surface area contributed by atoms with Gasteiger partial charge in [-0.05, 0) is 32.4 Å². The Morgan fingerprint density at radius 1 is 1.22 bits per heavy atom. The van der Waals surface area contributed by atoms with E-state index in [1.807, 2.05) is 0 Å². The highest BCUT2D eigenvalue weighted by Crippen LogP contribution is 2.20. The van der Waals surface area contributed by atoms with Crippen molar-refractivity contribution >= 4 is 11.9 Å². The van der Waals surface area contributed by atoms with Crippen molar-refractivity contribution in [1.29, 1.82) is 0 Å². The quantitative estimate of drug-likeness (QED) is 0.829. The lowest BCUT2D eigenvalue weighted by atomic mass is 10.2. The number of hydrogen-bond donors (Lipinski definition) is 1. The van der Waals surface area contributed by atoms with Gasteiger partial charge in [-0.15, -0.1) is 0 Å². The van der Waals surface area contributed by atoms with E-state index in [0.29, 0.717) is 24.0 Å². The zero-order valence-electron chi connectivity index (χ0n) is 13.2. The van der Waals surface area contributed by atoms with Crippen LogP contribution < -0.4 is 5.32 Å². The predicted octanol–water partition coefficient (Wildman–Crippen LogP) is 0.887. The van der Waals surface area contributed by atoms with Crippen molar-refractivity contribution in [3.05, 3.63) is 0 Å². The summed E-state index contributed by atoms with van der Waals surface area (Å²) in [7, 11) is 1.07. The van der Waals surface area contributed by atoms with E-state index in [9.17, 15) is 22.8 Å². The van der Waals surface area contributed by atoms with Crippen LogP contribution in [0.4, 0.5) is 18.0 Å². The largest absolute Gasteiger partial charge is 0.406 e. The van der Waals surface area contributed by atoms with E-state index < -0.39 is 25.2 Å². The molecule has 0 unspecified atom stereocenters. The standard InChI is InChI=1S/C14H23F3N4O2/c1-19(10-14(15,16)17)12(22)8-18-13(23)21-7-4-11(9-21)20-5-2-3-6-20/h11H,2-10H2,1H3,(H,18,23)/t11-/m0/s1. The summed E-state index contributed by atoms with van der Waals surface area (Å²) in [6, 6.07) is -0.0349. The molecule has 1 atom stereocenters. The van der Waals surface area contributed by atoms with Crippen molar-refractivity contribution in [1.82, 2.24) is 20.0 Å². The van der Waals surface area contributed by atoms with Gasteiger partial charge in [0.15, 0.2) is 0 Å². The van der Waals surface area contributed by atoms with Gasteiger partial charge in [-0.25, -0.2) is 4.79 Å². The summed E-state index contributed by atoms with van der Waals surface area (Å²) < 4.78 is 36.6. The van der Waals surface area contributed by atoms with E-state index in [1.54, 1.807) is 4.90 Å². The number of nitrogens with one attached hydrogen (secondary N) is 1. The minimum atomic E-state index is -4.44. The number of hydrogen-bond acceptors (Lipinski definition) is 3. The van der Waals surface area contributed by atoms with E-state index in [4.69, 9.17) is 0 Å². The fraction of sp³-hybridized carbons (Fsp3) is 0.857. The number of rotatable bonds is 4. The molecule has 132 valence electrons. The van der Waals surface area contributed by atoms with Crippen molar-refractivity contribution in [3.8, 4) is 0 Å². The highest BCUT2D eigenvalue weighted by Gasteiger charge is 2.33. The van der Waals surface area contributed by atoms with Gasteiger partial charge in [-0.3, -0.25) is 9.69 Å². The molecule has 6 nitrogen and oxygen atoms in total. The maximum absolute atomic E-state index is 12.2. The average Bonchev–Trinajstić information content (AvgIpc) is 3.12. The number of carbonyl (C=O) groups is 2. The number of carbonyl (C=O) groups excluding carboxylic acids is 2. The summed E-state index contributed by atoms with van der Waals surface area (Å²) in [6.45, 7) is 1.60. The lowest BCUT2D eigenvalue weighted by Gasteiger charge is -2.24. The van der Waals surface area contributed by atoms with Gasteiger partial charge >= 0.3 is 12.2 Å². The lowest BCUT2D eigenvalue weighted by Crippen LogP contribution is -2.46. The van der Waals surface area contributed by atoms with Crippen LogP contribution in [-0.4, -0.2) is 85.2 Å². The fourth-order valence-corrected chi connectivity index (χ4v) is 3.09. The van der Waals surface area contributed by atoms with E-state index >= 15 is 0 Å². The van der Waals surface area contributed by atoms with Crippen LogP contribution in [-0.2, 0) is 4.79 Å². The van der Waals surface area contributed by atoms with E-state index in [1.165, 1.54) is 12.8 Å². The summed E-state index contributed by atoms with van der Waals surface area (Å²) >= 11 is 0. The fourth-order valence-electron chi connectivity index (χ4n) is 3.09. The second kappa shape index (κ2) is 7.37. The predicted molar refractivity (Wildman–Crippen MR) is 77.9 cm³/mol. The molecule has 3 amide bonds. The highest BCUT2D eigenvalue weighted by molar-refractivity contribution is 5.84. The molecule has 2 heterocycles. The maximum atomic E-state index is 12.2. The van der Waals surface area contributed by atoms with Crippen LogP contribution in [0.1, 0.15) is 19.3 Å². The summed E-state index contributed by atoms with van der Waals surface area (Å²) in [5, 5.41) is 2.41. The van der Waals surface area contributed by atoms with Gasteiger partial charge in [0.25, 0.3) is 0 Å². The molecule has 0 aliphatic carbocycles. The molecule has 2 aliphatic rings. The Labute approximate surface area is 133 Å². The third-order valence-corrected chi connectivity index (χ3v) is 4.34. The molecule has 2 aliphatic heterocycles. The van der Waals surface area contributed by atoms with Gasteiger partial charge in [0.2, 0.25) is 5.91 Å². The summed E-state index contributed by atoms with van der Waals surface area (Å²) in [6.07, 6.45) is -1.17. The minimum absolute atomic E-state index is 0.354. The first kappa shape index (κ1) is 17.8. The third kappa shape index (κ3) is 5.26. The smallest absolute Gasteiger partial charge is 0.335 e. The number of halogens is 3. The second-order valence-electron chi connectivity index (χ2n) is 6.16. The molecule has 2 fully saturated rings. The molecule has 0 aromatic carbocycles. The molecule has 2 saturated heterocycles. The number of nitrogens with zero attached hydrogens (tertiary/aromatic N) is 3. The lowest BCUT2D eigenvalue weighted by molar-refractivity contribution is -0.157. The molecule has 0 radical (unpaired) electrons. The SMILES string of the molecule is CN(CC(F)(F)F)C(=O)CNC(=O)N1CC[C@H](N2CCCC2)C1. The zero-order valence-corrected chi connectivity index (χ0v) is 13.2. The van der Waals surface area contributed by atoms with E-state index in [0.717, 1.165) is 26.6 Å². The van der Waals surface area contributed by atoms with Gasteiger partial charge in [0.1, 0.15) is 6.54 Å². The first-order chi connectivity index (χ1) is 10.8. The van der Waals surface area contributed by atoms with Gasteiger partial charge in [0, 0.05) is 26.2 Å². The number of alkyl halides is 3. The third-order valence-electron chi connectivity index (χ3n) is 4.34. The number of amides is 3. The Kier molecular flexibility index (Phi) is 5.72. The van der Waals surface area contributed by atoms with Crippen molar-refractivity contribution < 1.29 is 22.8 Å². The van der Waals surface area contributed by atoms with Crippen LogP contribution in [0.25, 0.3) is 0 Å². The summed E-state index contributed by atoms with van der Waals surface area (Å²) in [4.78, 5) is 28.2. The van der Waals surface area contributed by atoms with Crippen LogP contribution >= 0.6 is 0 Å². The van der Waals surface area contributed by atoms with Crippen LogP contribution in [0.2, 0.25) is 0 Å². The average molecular weight is 336 g/mol. The molecular formula is C14H23F3N4O2. The molecule has 9 heteroatoms. The Hall–Kier alpha value is -1.51. The van der Waals surface area contributed by atoms with E-state index in [-0.39, 0.29) is 6.03 Å². The topological polar surface area (TPSA) is 55.9 Å². The van der Waals surface area contributed by atoms with Crippen LogP contribution in [0.5, 0.6) is 0 Å². The van der Waals surface area contributed by atoms with Crippen LogP contribution in [0, 0.1) is 0 Å². The van der Waals surface area contributed by atoms with Gasteiger partial charge in [-0.1, -0.05) is 0 Å². The summed E-state index contributed by atoms with van der Waals surface area (Å²) in [5.74, 6) is -0.758. The zero-order chi connectivity index (χ0) is 17.0. The Balaban J connectivity index is 1.71. The first-order valence-corrected chi connectivity index (χ1v) is 7.84. The number of urea groups is 1. The highest BCUT2D eigenvalue weighted by atomic mass is 19.4. The number of likely N-dealkylation sites (tertiary alicyclic amines) is 2. The van der Waals surface area contributed by atoms with Gasteiger partial charge in [0.05, 0.1) is 6.54 Å². The van der Waals surface area contributed by atoms with Crippen LogP contribution in [0.3, 0.4) is 0 Å². The number of likely N-dealkylation sites (N-methyl/N-ethyl adjacent to an activating group) is 1. The molecule has 0 bridgehead atoms. The van der Waals surface area contributed by atoms with Crippen molar-refractivity contribution in [2.45, 2.75) is 31.5 Å². The van der Waals surface area contributed by atoms with Crippen molar-refractivity contribution in [2.75, 3.05) is 46.3 Å². The molecule has 23 heavy (non-hydrogen) atoms. The molecule has 0 aromatic heterocycles. The van der Waals surface area contributed by atoms with Crippen molar-refractivity contribution in [2.24, 2.45) is 0 Å². The maximum Gasteiger partial charge on any atom is 0.406 e. The van der Waals surface area contributed by atoms with Crippen molar-refractivity contribution in [3.63, 3.8) is 0 Å². The van der Waals surface area contributed by atoms with Gasteiger partial charge in [-0.2, -0.15) is 13.2 Å². The molecule has 0 saturated carbocycles. The Morgan fingerprint density at radius 3 is 2.48 bits per heavy atom. The first-order valence-electron chi connectivity index (χ1n) is 7.84. The van der Waals surface area contributed by atoms with E-state index in [2.05, 4.69) is 10.2 Å². The minimum Gasteiger partial charge on any atom is -0.335 e. The molecule has 1 N–H and O–H groups in total. The molecule has 0 aromatic rings. The monoisotopic (exact) mass is 336 g/mol. The Morgan fingerprint density at radius 2 is 1.87 bits per heavy atom. The Bertz CT molecular complexity index is 438. The van der Waals surface area contributed by atoms with Gasteiger partial charge < -0.3 is 15.1 Å². The second-order valence-corrected chi connectivity index (χ2v) is 6.16. The molecule has 2 rings (SSSR count). The normalized spacial score (nSPS) is 22.4. The molecule has 0 spiro atoms. The molecular weight excluding hydrogens is 313 g/mol. The summed E-state index contributed by atoms with van der Waals surface area (Å²) in [5.41, 5.74) is 0.